The average Bonchev–Trinajstić information content (AvgIpc) is 3.28. The highest BCUT2D eigenvalue weighted by Gasteiger charge is 2.37. The van der Waals surface area contributed by atoms with Crippen LogP contribution in [0.15, 0.2) is 81.3 Å². The second-order valence-corrected chi connectivity index (χ2v) is 11.3. The van der Waals surface area contributed by atoms with Crippen LogP contribution < -0.4 is 19.8 Å². The maximum atomic E-state index is 13.7. The highest BCUT2D eigenvalue weighted by Crippen LogP contribution is 2.30. The molecule has 11 nitrogen and oxygen atoms in total. The van der Waals surface area contributed by atoms with Crippen molar-refractivity contribution in [3.05, 3.63) is 93.6 Å². The van der Waals surface area contributed by atoms with Crippen LogP contribution in [0.1, 0.15) is 11.1 Å². The number of benzene rings is 3. The molecule has 4 rings (SSSR count). The molecule has 0 atom stereocenters. The summed E-state index contributed by atoms with van der Waals surface area (Å²) in [6.45, 7) is 2.61. The molecule has 218 valence electrons. The van der Waals surface area contributed by atoms with Crippen LogP contribution in [-0.4, -0.2) is 51.7 Å². The third kappa shape index (κ3) is 8.39. The zero-order valence-corrected chi connectivity index (χ0v) is 24.0. The number of hydrogen-bond acceptors (Lipinski definition) is 9. The fraction of sp³-hybridized carbons (Fsp3) is 0.222. The van der Waals surface area contributed by atoms with Crippen LogP contribution in [0.4, 0.5) is 15.8 Å². The molecule has 0 aliphatic carbocycles. The van der Waals surface area contributed by atoms with Gasteiger partial charge in [-0.3, -0.25) is 0 Å². The molecule has 4 aromatic rings. The number of carboxylic acids is 1. The fourth-order valence-corrected chi connectivity index (χ4v) is 5.03. The van der Waals surface area contributed by atoms with Crippen molar-refractivity contribution in [2.75, 3.05) is 32.6 Å². The Bertz CT molecular complexity index is 1640. The summed E-state index contributed by atoms with van der Waals surface area (Å²) in [5.41, 5.74) is 2.04. The number of aryl methyl sites for hydroxylation is 1. The lowest BCUT2D eigenvalue weighted by Gasteiger charge is -2.15. The number of sulfone groups is 1. The monoisotopic (exact) mass is 606 g/mol. The molecule has 0 spiro atoms. The minimum absolute atomic E-state index is 0.0122. The van der Waals surface area contributed by atoms with Gasteiger partial charge in [0.15, 0.2) is 0 Å². The minimum atomic E-state index is -4.02. The molecule has 3 aromatic carbocycles. The van der Waals surface area contributed by atoms with Gasteiger partial charge in [-0.15, -0.1) is 0 Å². The minimum Gasteiger partial charge on any atom is -0.550 e. The molecule has 0 aliphatic rings. The van der Waals surface area contributed by atoms with Gasteiger partial charge in [-0.2, -0.15) is 0 Å². The Kier molecular flexibility index (Phi) is 10.6. The normalized spacial score (nSPS) is 11.1. The lowest BCUT2D eigenvalue weighted by atomic mass is 10.1. The molecule has 0 fully saturated rings. The van der Waals surface area contributed by atoms with Crippen LogP contribution in [0, 0.1) is 17.6 Å². The van der Waals surface area contributed by atoms with E-state index in [2.05, 4.69) is 15.1 Å². The number of nitrogens with one attached hydrogen (secondary N) is 2. The van der Waals surface area contributed by atoms with Gasteiger partial charge in [0.2, 0.25) is 4.60 Å². The molecule has 0 amide bonds. The maximum absolute atomic E-state index is 13.7. The van der Waals surface area contributed by atoms with Gasteiger partial charge in [0, 0.05) is 24.6 Å². The predicted molar refractivity (Wildman–Crippen MR) is 147 cm³/mol. The Balaban J connectivity index is 0.000000226. The van der Waals surface area contributed by atoms with E-state index in [4.69, 9.17) is 16.3 Å². The highest BCUT2D eigenvalue weighted by molar-refractivity contribution is 7.91. The molecule has 2 N–H and O–H groups in total. The summed E-state index contributed by atoms with van der Waals surface area (Å²) in [5.74, 6) is -1.91. The molecule has 0 aliphatic heterocycles. The largest absolute Gasteiger partial charge is 0.550 e. The summed E-state index contributed by atoms with van der Waals surface area (Å²) < 4.78 is 48.3. The number of anilines is 2. The number of nitrogens with zero attached hydrogens (tertiary/aromatic N) is 2. The lowest BCUT2D eigenvalue weighted by Crippen LogP contribution is -2.24. The van der Waals surface area contributed by atoms with Crippen LogP contribution in [0.25, 0.3) is 0 Å². The number of carbonyl (C=O) groups is 1. The van der Waals surface area contributed by atoms with Crippen molar-refractivity contribution in [2.45, 2.75) is 23.3 Å². The van der Waals surface area contributed by atoms with Gasteiger partial charge < -0.3 is 24.9 Å². The van der Waals surface area contributed by atoms with Gasteiger partial charge >= 0.3 is 10.9 Å². The zero-order chi connectivity index (χ0) is 30.2. The van der Waals surface area contributed by atoms with Crippen LogP contribution in [-0.2, 0) is 21.1 Å². The molecule has 0 bridgehead atoms. The number of H-pyrrole nitrogens is 1. The summed E-state index contributed by atoms with van der Waals surface area (Å²) in [6.07, 6.45) is -0.254. The van der Waals surface area contributed by atoms with Gasteiger partial charge in [0.05, 0.1) is 15.6 Å². The zero-order valence-electron chi connectivity index (χ0n) is 22.4. The number of aromatic nitrogens is 2. The molecule has 0 radical (unpaired) electrons. The summed E-state index contributed by atoms with van der Waals surface area (Å²) in [6, 6.07) is 17.1. The average molecular weight is 607 g/mol. The van der Waals surface area contributed by atoms with Crippen molar-refractivity contribution < 1.29 is 36.7 Å². The van der Waals surface area contributed by atoms with E-state index in [9.17, 15) is 27.6 Å². The van der Waals surface area contributed by atoms with Gasteiger partial charge in [-0.05, 0) is 67.0 Å². The van der Waals surface area contributed by atoms with Crippen LogP contribution in [0.2, 0.25) is 5.02 Å². The number of para-hydroxylation sites is 1. The predicted octanol–water partition coefficient (Wildman–Crippen LogP) is 3.12. The lowest BCUT2D eigenvalue weighted by molar-refractivity contribution is -0.744. The molecule has 1 aromatic heterocycles. The maximum Gasteiger partial charge on any atom is 0.404 e. The molecule has 14 heteroatoms. The third-order valence-electron chi connectivity index (χ3n) is 5.49. The van der Waals surface area contributed by atoms with Crippen molar-refractivity contribution >= 4 is 38.8 Å². The first-order valence-electron chi connectivity index (χ1n) is 12.1. The van der Waals surface area contributed by atoms with E-state index >= 15 is 0 Å². The van der Waals surface area contributed by atoms with Crippen molar-refractivity contribution in [3.63, 3.8) is 0 Å². The highest BCUT2D eigenvalue weighted by atomic mass is 35.5. The van der Waals surface area contributed by atoms with Crippen molar-refractivity contribution in [3.8, 4) is 5.88 Å². The number of likely N-dealkylation sites (N-methyl/N-ethyl adjacent to an activating group) is 1. The van der Waals surface area contributed by atoms with E-state index in [1.807, 2.05) is 25.9 Å². The summed E-state index contributed by atoms with van der Waals surface area (Å²) in [7, 11) is -0.331. The SMILES string of the molecule is CN(C)CCOc1[nH]o[n+](=O)c1S(=O)(=O)c1ccccc1.Cc1ccc(Nc2c(F)cccc2Cl)c(CC(=O)[O-])c1. The standard InChI is InChI=1S/C15H13ClFNO2.C12H16N3O5S/c1-9-5-6-13(10(7-9)8-14(19)20)18-15-11(16)3-2-4-12(15)17;1-14(2)8-9-19-11-12(15(16)20-13-11)21(17,18)10-6-4-3-5-7-10/h2-7,18H,8H2,1H3,(H,19,20);3-7,13H,8-9H2,1-2H3/q;+1/p-1. The Morgan fingerprint density at radius 2 is 1.85 bits per heavy atom. The molecule has 41 heavy (non-hydrogen) atoms. The first kappa shape index (κ1) is 31.3. The van der Waals surface area contributed by atoms with Crippen molar-refractivity contribution in [1.82, 2.24) is 10.1 Å². The molecule has 0 unspecified atom stereocenters. The van der Waals surface area contributed by atoms with E-state index < -0.39 is 26.6 Å². The van der Waals surface area contributed by atoms with E-state index in [1.165, 1.54) is 24.3 Å². The summed E-state index contributed by atoms with van der Waals surface area (Å²) in [4.78, 5) is 24.2. The number of ether oxygens (including phenoxy) is 1. The van der Waals surface area contributed by atoms with E-state index in [0.29, 0.717) is 17.8 Å². The van der Waals surface area contributed by atoms with Gasteiger partial charge in [0.25, 0.3) is 9.84 Å². The number of carboxylic acid groups (broad SMARTS) is 1. The Morgan fingerprint density at radius 3 is 2.49 bits per heavy atom. The van der Waals surface area contributed by atoms with Gasteiger partial charge in [0.1, 0.15) is 12.4 Å². The van der Waals surface area contributed by atoms with Crippen LogP contribution >= 0.6 is 11.6 Å². The molecule has 0 saturated heterocycles. The Labute approximate surface area is 240 Å². The summed E-state index contributed by atoms with van der Waals surface area (Å²) >= 11 is 5.94. The second kappa shape index (κ2) is 13.9. The molecular weight excluding hydrogens is 579 g/mol. The number of aliphatic carboxylic acids is 1. The van der Waals surface area contributed by atoms with E-state index in [1.54, 1.807) is 42.5 Å². The number of carbonyl (C=O) groups excluding carboxylic acids is 1. The van der Waals surface area contributed by atoms with Gasteiger partial charge in [-0.1, -0.05) is 58.2 Å². The molecule has 1 heterocycles. The Morgan fingerprint density at radius 1 is 1.15 bits per heavy atom. The molecular formula is C27H28ClFN4O7S. The second-order valence-electron chi connectivity index (χ2n) is 8.98. The first-order chi connectivity index (χ1) is 19.4. The molecule has 0 saturated carbocycles. The van der Waals surface area contributed by atoms with E-state index in [-0.39, 0.29) is 39.1 Å². The van der Waals surface area contributed by atoms with Crippen LogP contribution in [0.5, 0.6) is 5.88 Å². The fourth-order valence-electron chi connectivity index (χ4n) is 3.50. The Hall–Kier alpha value is -4.20. The van der Waals surface area contributed by atoms with Gasteiger partial charge in [-0.25, -0.2) is 12.8 Å². The topological polar surface area (TPSA) is 151 Å². The number of rotatable bonds is 10. The first-order valence-corrected chi connectivity index (χ1v) is 14.0. The summed E-state index contributed by atoms with van der Waals surface area (Å²) in [5, 5.41) is 15.4. The third-order valence-corrected chi connectivity index (χ3v) is 7.54. The number of hydrogen-bond donors (Lipinski definition) is 2. The number of halogens is 2. The van der Waals surface area contributed by atoms with E-state index in [0.717, 1.165) is 5.56 Å². The quantitative estimate of drug-likeness (QED) is 0.277. The van der Waals surface area contributed by atoms with Crippen molar-refractivity contribution in [2.24, 2.45) is 0 Å². The number of aromatic amines is 1. The smallest absolute Gasteiger partial charge is 0.404 e. The van der Waals surface area contributed by atoms with Crippen molar-refractivity contribution in [1.29, 1.82) is 0 Å². The van der Waals surface area contributed by atoms with Crippen LogP contribution in [0.3, 0.4) is 0 Å².